The molecule has 4 nitrogen and oxygen atoms in total. The van der Waals surface area contributed by atoms with Crippen molar-refractivity contribution in [1.29, 1.82) is 0 Å². The predicted molar refractivity (Wildman–Crippen MR) is 94.9 cm³/mol. The van der Waals surface area contributed by atoms with Crippen LogP contribution in [0.5, 0.6) is 0 Å². The fourth-order valence-corrected chi connectivity index (χ4v) is 5.66. The van der Waals surface area contributed by atoms with E-state index in [-0.39, 0.29) is 23.6 Å². The van der Waals surface area contributed by atoms with Gasteiger partial charge in [-0.3, -0.25) is 4.99 Å². The highest BCUT2D eigenvalue weighted by Crippen LogP contribution is 2.35. The van der Waals surface area contributed by atoms with E-state index in [1.807, 2.05) is 36.1 Å². The van der Waals surface area contributed by atoms with Crippen LogP contribution in [0.1, 0.15) is 6.92 Å². The Kier molecular flexibility index (Phi) is 4.27. The molecule has 0 radical (unpaired) electrons. The van der Waals surface area contributed by atoms with Gasteiger partial charge >= 0.3 is 0 Å². The maximum Gasteiger partial charge on any atom is 0.164 e. The zero-order valence-electron chi connectivity index (χ0n) is 12.2. The molecular weight excluding hydrogens is 340 g/mol. The van der Waals surface area contributed by atoms with E-state index >= 15 is 0 Å². The molecule has 1 fully saturated rings. The Hall–Kier alpha value is -0.980. The molecule has 0 N–H and O–H groups in total. The van der Waals surface area contributed by atoms with Gasteiger partial charge in [0, 0.05) is 16.5 Å². The average molecular weight is 357 g/mol. The van der Waals surface area contributed by atoms with Crippen molar-refractivity contribution in [2.75, 3.05) is 22.2 Å². The summed E-state index contributed by atoms with van der Waals surface area (Å²) in [5, 5.41) is 1.53. The Bertz CT molecular complexity index is 728. The molecule has 118 valence electrons. The van der Waals surface area contributed by atoms with Gasteiger partial charge in [0.1, 0.15) is 0 Å². The fourth-order valence-electron chi connectivity index (χ4n) is 2.72. The predicted octanol–water partition coefficient (Wildman–Crippen LogP) is 2.99. The van der Waals surface area contributed by atoms with E-state index in [1.54, 1.807) is 11.8 Å². The van der Waals surface area contributed by atoms with Gasteiger partial charge < -0.3 is 4.90 Å². The van der Waals surface area contributed by atoms with Crippen LogP contribution in [0.4, 0.5) is 5.69 Å². The van der Waals surface area contributed by atoms with E-state index in [2.05, 4.69) is 11.6 Å². The quantitative estimate of drug-likeness (QED) is 0.781. The van der Waals surface area contributed by atoms with Crippen molar-refractivity contribution in [3.8, 4) is 0 Å². The highest BCUT2D eigenvalue weighted by molar-refractivity contribution is 8.14. The highest BCUT2D eigenvalue weighted by atomic mass is 35.5. The van der Waals surface area contributed by atoms with Gasteiger partial charge in [-0.05, 0) is 31.2 Å². The van der Waals surface area contributed by atoms with Crippen LogP contribution in [0, 0.1) is 0 Å². The lowest BCUT2D eigenvalue weighted by molar-refractivity contribution is 0.601. The van der Waals surface area contributed by atoms with E-state index < -0.39 is 9.84 Å². The lowest BCUT2D eigenvalue weighted by Crippen LogP contribution is -2.39. The maximum absolute atomic E-state index is 11.9. The molecule has 2 atom stereocenters. The number of hydrogen-bond acceptors (Lipinski definition) is 5. The molecule has 0 amide bonds. The van der Waals surface area contributed by atoms with Crippen molar-refractivity contribution in [2.24, 2.45) is 4.99 Å². The third kappa shape index (κ3) is 3.19. The molecule has 0 aliphatic carbocycles. The Morgan fingerprint density at radius 3 is 2.73 bits per heavy atom. The summed E-state index contributed by atoms with van der Waals surface area (Å²) in [6, 6.07) is 7.16. The molecule has 1 aromatic rings. The molecule has 0 bridgehead atoms. The van der Waals surface area contributed by atoms with Crippen molar-refractivity contribution < 1.29 is 8.42 Å². The first-order valence-corrected chi connectivity index (χ1v) is 10.1. The van der Waals surface area contributed by atoms with E-state index in [9.17, 15) is 8.42 Å². The highest BCUT2D eigenvalue weighted by Gasteiger charge is 2.47. The minimum absolute atomic E-state index is 0.112. The largest absolute Gasteiger partial charge is 0.315 e. The SMILES string of the molecule is C=C(C)CSC1=N[C@@H]2CS(=O)(=O)C[C@H]2N1c1ccc(Cl)cc1. The van der Waals surface area contributed by atoms with Gasteiger partial charge in [-0.2, -0.15) is 0 Å². The molecule has 2 heterocycles. The van der Waals surface area contributed by atoms with Crippen molar-refractivity contribution in [2.45, 2.75) is 19.0 Å². The zero-order chi connectivity index (χ0) is 15.9. The number of rotatable bonds is 3. The van der Waals surface area contributed by atoms with Crippen molar-refractivity contribution in [3.63, 3.8) is 0 Å². The van der Waals surface area contributed by atoms with Crippen LogP contribution in [-0.4, -0.2) is 42.9 Å². The fraction of sp³-hybridized carbons (Fsp3) is 0.400. The summed E-state index contributed by atoms with van der Waals surface area (Å²) in [7, 11) is -3.01. The van der Waals surface area contributed by atoms with Crippen LogP contribution in [0.3, 0.4) is 0 Å². The second-order valence-corrected chi connectivity index (χ2v) is 9.25. The number of aliphatic imine (C=N–C) groups is 1. The Balaban J connectivity index is 1.93. The first-order valence-electron chi connectivity index (χ1n) is 6.96. The van der Waals surface area contributed by atoms with Gasteiger partial charge in [0.05, 0.1) is 23.6 Å². The van der Waals surface area contributed by atoms with Crippen LogP contribution < -0.4 is 4.90 Å². The van der Waals surface area contributed by atoms with Crippen LogP contribution in [0.25, 0.3) is 0 Å². The number of hydrogen-bond donors (Lipinski definition) is 0. The first kappa shape index (κ1) is 15.9. The number of thioether (sulfide) groups is 1. The van der Waals surface area contributed by atoms with Gasteiger partial charge in [0.15, 0.2) is 15.0 Å². The normalized spacial score (nSPS) is 25.9. The smallest absolute Gasteiger partial charge is 0.164 e. The van der Waals surface area contributed by atoms with Crippen molar-refractivity contribution in [3.05, 3.63) is 41.4 Å². The Labute approximate surface area is 140 Å². The summed E-state index contributed by atoms with van der Waals surface area (Å²) in [6.07, 6.45) is 0. The van der Waals surface area contributed by atoms with Gasteiger partial charge in [-0.1, -0.05) is 35.5 Å². The Morgan fingerprint density at radius 2 is 2.09 bits per heavy atom. The zero-order valence-corrected chi connectivity index (χ0v) is 14.6. The summed E-state index contributed by atoms with van der Waals surface area (Å²) in [6.45, 7) is 5.89. The lowest BCUT2D eigenvalue weighted by atomic mass is 10.1. The molecule has 1 aromatic carbocycles. The molecule has 0 aromatic heterocycles. The second-order valence-electron chi connectivity index (χ2n) is 5.72. The summed E-state index contributed by atoms with van der Waals surface area (Å²) in [5.41, 5.74) is 2.00. The summed E-state index contributed by atoms with van der Waals surface area (Å²) in [5.74, 6) is 1.06. The second kappa shape index (κ2) is 5.91. The molecule has 0 unspecified atom stereocenters. The van der Waals surface area contributed by atoms with Gasteiger partial charge in [0.2, 0.25) is 0 Å². The average Bonchev–Trinajstić information content (AvgIpc) is 2.89. The molecule has 0 saturated carbocycles. The molecular formula is C15H17ClN2O2S2. The minimum Gasteiger partial charge on any atom is -0.315 e. The van der Waals surface area contributed by atoms with E-state index in [0.29, 0.717) is 5.02 Å². The maximum atomic E-state index is 11.9. The van der Waals surface area contributed by atoms with Crippen molar-refractivity contribution in [1.82, 2.24) is 0 Å². The van der Waals surface area contributed by atoms with Gasteiger partial charge in [-0.25, -0.2) is 8.42 Å². The van der Waals surface area contributed by atoms with E-state index in [1.165, 1.54) is 0 Å². The number of benzene rings is 1. The van der Waals surface area contributed by atoms with E-state index in [4.69, 9.17) is 11.6 Å². The van der Waals surface area contributed by atoms with E-state index in [0.717, 1.165) is 22.2 Å². The number of nitrogens with zero attached hydrogens (tertiary/aromatic N) is 2. The van der Waals surface area contributed by atoms with Crippen LogP contribution in [0.15, 0.2) is 41.4 Å². The number of amidine groups is 1. The minimum atomic E-state index is -3.01. The topological polar surface area (TPSA) is 49.7 Å². The monoisotopic (exact) mass is 356 g/mol. The molecule has 22 heavy (non-hydrogen) atoms. The summed E-state index contributed by atoms with van der Waals surface area (Å²) >= 11 is 7.56. The molecule has 2 aliphatic heterocycles. The van der Waals surface area contributed by atoms with Gasteiger partial charge in [-0.15, -0.1) is 0 Å². The number of fused-ring (bicyclic) bond motifs is 1. The van der Waals surface area contributed by atoms with Crippen molar-refractivity contribution >= 4 is 44.1 Å². The number of anilines is 1. The third-order valence-electron chi connectivity index (χ3n) is 3.66. The third-order valence-corrected chi connectivity index (χ3v) is 6.81. The number of sulfone groups is 1. The molecule has 3 rings (SSSR count). The lowest BCUT2D eigenvalue weighted by Gasteiger charge is -2.26. The molecule has 1 saturated heterocycles. The first-order chi connectivity index (χ1) is 10.4. The van der Waals surface area contributed by atoms with Gasteiger partial charge in [0.25, 0.3) is 0 Å². The Morgan fingerprint density at radius 1 is 1.41 bits per heavy atom. The van der Waals surface area contributed by atoms with Crippen LogP contribution >= 0.6 is 23.4 Å². The summed E-state index contributed by atoms with van der Waals surface area (Å²) in [4.78, 5) is 6.69. The summed E-state index contributed by atoms with van der Waals surface area (Å²) < 4.78 is 23.8. The number of halogens is 1. The molecule has 2 aliphatic rings. The standard InChI is InChI=1S/C15H17ClN2O2S2/c1-10(2)7-21-15-17-13-8-22(19,20)9-14(13)18(15)12-5-3-11(16)4-6-12/h3-6,13-14H,1,7-9H2,2H3/t13-,14-/m1/s1. The molecule has 7 heteroatoms. The molecule has 0 spiro atoms. The van der Waals surface area contributed by atoms with Crippen LogP contribution in [-0.2, 0) is 9.84 Å². The van der Waals surface area contributed by atoms with Crippen LogP contribution in [0.2, 0.25) is 5.02 Å².